The first-order valence-corrected chi connectivity index (χ1v) is 14.0. The van der Waals surface area contributed by atoms with Crippen LogP contribution in [0.2, 0.25) is 0 Å². The van der Waals surface area contributed by atoms with E-state index >= 15 is 0 Å². The molecule has 0 spiro atoms. The summed E-state index contributed by atoms with van der Waals surface area (Å²) in [5.74, 6) is 0.644. The minimum absolute atomic E-state index is 0.240. The molecule has 2 fully saturated rings. The Morgan fingerprint density at radius 2 is 1.89 bits per heavy atom. The fourth-order valence-electron chi connectivity index (χ4n) is 5.25. The summed E-state index contributed by atoms with van der Waals surface area (Å²) in [6, 6.07) is 12.3. The number of aryl methyl sites for hydroxylation is 1. The van der Waals surface area contributed by atoms with Crippen LogP contribution in [0.5, 0.6) is 5.88 Å². The Morgan fingerprint density at radius 1 is 1.17 bits per heavy atom. The van der Waals surface area contributed by atoms with E-state index in [-0.39, 0.29) is 24.5 Å². The van der Waals surface area contributed by atoms with Crippen LogP contribution in [0.15, 0.2) is 36.4 Å². The molecule has 1 aromatic heterocycles. The van der Waals surface area contributed by atoms with Gasteiger partial charge in [0.05, 0.1) is 12.3 Å². The van der Waals surface area contributed by atoms with E-state index in [1.54, 1.807) is 4.31 Å². The van der Waals surface area contributed by atoms with Gasteiger partial charge in [-0.05, 0) is 69.1 Å². The van der Waals surface area contributed by atoms with E-state index in [0.29, 0.717) is 38.8 Å². The molecule has 4 rings (SSSR count). The lowest BCUT2D eigenvalue weighted by Gasteiger charge is -2.40. The van der Waals surface area contributed by atoms with Gasteiger partial charge in [-0.15, -0.1) is 0 Å². The molecule has 0 amide bonds. The highest BCUT2D eigenvalue weighted by Gasteiger charge is 2.52. The monoisotopic (exact) mass is 500 g/mol. The van der Waals surface area contributed by atoms with Gasteiger partial charge in [-0.2, -0.15) is 0 Å². The van der Waals surface area contributed by atoms with Crippen molar-refractivity contribution < 1.29 is 22.7 Å². The fraction of sp³-hybridized carbons (Fsp3) is 0.556. The van der Waals surface area contributed by atoms with Crippen molar-refractivity contribution in [3.05, 3.63) is 47.5 Å². The van der Waals surface area contributed by atoms with Crippen molar-refractivity contribution in [2.75, 3.05) is 32.9 Å². The fourth-order valence-corrected chi connectivity index (χ4v) is 7.48. The van der Waals surface area contributed by atoms with E-state index in [2.05, 4.69) is 37.0 Å². The number of benzene rings is 1. The summed E-state index contributed by atoms with van der Waals surface area (Å²) >= 11 is 0. The maximum absolute atomic E-state index is 13.5. The second kappa shape index (κ2) is 10.8. The number of rotatable bonds is 8. The Morgan fingerprint density at radius 3 is 2.51 bits per heavy atom. The highest BCUT2D eigenvalue weighted by molar-refractivity contribution is 7.91. The third kappa shape index (κ3) is 5.15. The van der Waals surface area contributed by atoms with Gasteiger partial charge in [0.1, 0.15) is 4.75 Å². The van der Waals surface area contributed by atoms with Crippen molar-refractivity contribution in [2.45, 2.75) is 63.5 Å². The quantitative estimate of drug-likeness (QED) is 0.531. The van der Waals surface area contributed by atoms with E-state index in [0.717, 1.165) is 36.1 Å². The summed E-state index contributed by atoms with van der Waals surface area (Å²) in [5.41, 5.74) is 4.30. The van der Waals surface area contributed by atoms with Crippen LogP contribution in [-0.4, -0.2) is 61.1 Å². The molecule has 0 radical (unpaired) electrons. The van der Waals surface area contributed by atoms with Crippen LogP contribution in [0.1, 0.15) is 63.0 Å². The summed E-state index contributed by atoms with van der Waals surface area (Å²) in [5, 5.41) is 0. The van der Waals surface area contributed by atoms with Crippen LogP contribution in [0, 0.1) is 6.92 Å². The second-order valence-electron chi connectivity index (χ2n) is 9.63. The number of sulfonamides is 1. The highest BCUT2D eigenvalue weighted by atomic mass is 32.2. The first-order chi connectivity index (χ1) is 16.8. The lowest BCUT2D eigenvalue weighted by molar-refractivity contribution is -0.122. The van der Waals surface area contributed by atoms with Gasteiger partial charge in [0.25, 0.3) is 0 Å². The van der Waals surface area contributed by atoms with Gasteiger partial charge < -0.3 is 9.47 Å². The number of pyridine rings is 1. The second-order valence-corrected chi connectivity index (χ2v) is 11.9. The van der Waals surface area contributed by atoms with Gasteiger partial charge in [0.15, 0.2) is 5.78 Å². The van der Waals surface area contributed by atoms with E-state index in [1.807, 2.05) is 18.2 Å². The van der Waals surface area contributed by atoms with Crippen molar-refractivity contribution in [3.63, 3.8) is 0 Å². The molecular formula is C27H36N2O5S. The molecule has 0 bridgehead atoms. The smallest absolute Gasteiger partial charge is 0.227 e. The number of ether oxygens (including phenoxy) is 2. The first kappa shape index (κ1) is 25.8. The predicted octanol–water partition coefficient (Wildman–Crippen LogP) is 4.49. The molecule has 2 aromatic rings. The summed E-state index contributed by atoms with van der Waals surface area (Å²) in [7, 11) is -3.73. The van der Waals surface area contributed by atoms with E-state index in [4.69, 9.17) is 9.47 Å². The summed E-state index contributed by atoms with van der Waals surface area (Å²) < 4.78 is 38.3. The molecule has 8 heteroatoms. The average molecular weight is 501 g/mol. The number of ketones is 1. The molecule has 2 saturated heterocycles. The molecule has 2 aliphatic heterocycles. The molecule has 0 unspecified atom stereocenters. The number of aromatic nitrogens is 1. The zero-order chi connectivity index (χ0) is 25.1. The summed E-state index contributed by atoms with van der Waals surface area (Å²) in [4.78, 5) is 17.1. The Bertz CT molecular complexity index is 1150. The lowest BCUT2D eigenvalue weighted by atomic mass is 9.88. The number of hydrogen-bond acceptors (Lipinski definition) is 6. The molecule has 1 aromatic carbocycles. The Kier molecular flexibility index (Phi) is 7.93. The van der Waals surface area contributed by atoms with Crippen LogP contribution in [0.3, 0.4) is 0 Å². The minimum Gasteiger partial charge on any atom is -0.478 e. The maximum atomic E-state index is 13.5. The van der Waals surface area contributed by atoms with Crippen molar-refractivity contribution in [2.24, 2.45) is 0 Å². The van der Waals surface area contributed by atoms with Crippen LogP contribution in [0.25, 0.3) is 11.3 Å². The zero-order valence-corrected chi connectivity index (χ0v) is 21.8. The Hall–Kier alpha value is -2.29. The summed E-state index contributed by atoms with van der Waals surface area (Å²) in [6.45, 7) is 7.68. The number of carbonyl (C=O) groups excluding carboxylic acids is 1. The van der Waals surface area contributed by atoms with Crippen LogP contribution >= 0.6 is 0 Å². The highest BCUT2D eigenvalue weighted by Crippen LogP contribution is 2.38. The largest absolute Gasteiger partial charge is 0.478 e. The maximum Gasteiger partial charge on any atom is 0.227 e. The normalized spacial score (nSPS) is 19.4. The van der Waals surface area contributed by atoms with E-state index < -0.39 is 14.8 Å². The van der Waals surface area contributed by atoms with E-state index in [1.165, 1.54) is 12.5 Å². The van der Waals surface area contributed by atoms with Crippen molar-refractivity contribution in [3.8, 4) is 17.1 Å². The molecule has 0 N–H and O–H groups in total. The molecule has 0 saturated carbocycles. The lowest BCUT2D eigenvalue weighted by Crippen LogP contribution is -2.56. The number of piperidine rings is 1. The third-order valence-electron chi connectivity index (χ3n) is 7.41. The molecule has 7 nitrogen and oxygen atoms in total. The van der Waals surface area contributed by atoms with Gasteiger partial charge in [-0.1, -0.05) is 31.2 Å². The van der Waals surface area contributed by atoms with Gasteiger partial charge in [-0.3, -0.25) is 4.79 Å². The Labute approximate surface area is 208 Å². The average Bonchev–Trinajstić information content (AvgIpc) is 2.88. The topological polar surface area (TPSA) is 85.8 Å². The van der Waals surface area contributed by atoms with Crippen LogP contribution in [0.4, 0.5) is 0 Å². The van der Waals surface area contributed by atoms with Crippen molar-refractivity contribution >= 4 is 15.8 Å². The molecule has 0 aliphatic carbocycles. The number of nitrogens with zero attached hydrogens (tertiary/aromatic N) is 2. The van der Waals surface area contributed by atoms with E-state index in [9.17, 15) is 13.2 Å². The van der Waals surface area contributed by atoms with Crippen LogP contribution in [-0.2, 0) is 19.6 Å². The molecule has 0 atom stereocenters. The van der Waals surface area contributed by atoms with Crippen LogP contribution < -0.4 is 4.74 Å². The SMILES string of the molecule is CCCOc1cccc(-c2ccc(C3CCN(S(=O)(=O)C4(C(C)=O)CCOCC4)CC3)cc2C)n1. The standard InChI is InChI=1S/C27H36N2O5S/c1-4-16-34-26-7-5-6-25(28-26)24-9-8-23(19-20(24)2)22-10-14-29(15-11-22)35(31,32)27(21(3)30)12-17-33-18-13-27/h5-9,19,22H,4,10-18H2,1-3H3. The molecular weight excluding hydrogens is 464 g/mol. The molecule has 35 heavy (non-hydrogen) atoms. The van der Waals surface area contributed by atoms with Gasteiger partial charge in [-0.25, -0.2) is 17.7 Å². The minimum atomic E-state index is -3.73. The van der Waals surface area contributed by atoms with Crippen molar-refractivity contribution in [1.82, 2.24) is 9.29 Å². The third-order valence-corrected chi connectivity index (χ3v) is 10.1. The number of Topliss-reactive ketones (excluding diaryl/α,β-unsaturated/α-hetero) is 1. The molecule has 2 aliphatic rings. The number of hydrogen-bond donors (Lipinski definition) is 0. The first-order valence-electron chi connectivity index (χ1n) is 12.6. The van der Waals surface area contributed by atoms with Crippen molar-refractivity contribution in [1.29, 1.82) is 0 Å². The van der Waals surface area contributed by atoms with Gasteiger partial charge >= 0.3 is 0 Å². The zero-order valence-electron chi connectivity index (χ0n) is 21.0. The molecule has 190 valence electrons. The predicted molar refractivity (Wildman–Crippen MR) is 136 cm³/mol. The summed E-state index contributed by atoms with van der Waals surface area (Å²) in [6.07, 6.45) is 2.89. The molecule has 3 heterocycles. The number of carbonyl (C=O) groups is 1. The van der Waals surface area contributed by atoms with Gasteiger partial charge in [0, 0.05) is 37.9 Å². The van der Waals surface area contributed by atoms with Gasteiger partial charge in [0.2, 0.25) is 15.9 Å². The Balaban J connectivity index is 1.46.